The molecule has 0 heterocycles. The van der Waals surface area contributed by atoms with E-state index in [9.17, 15) is 4.39 Å². The summed E-state index contributed by atoms with van der Waals surface area (Å²) in [7, 11) is 0. The molecule has 0 aliphatic heterocycles. The van der Waals surface area contributed by atoms with Crippen LogP contribution in [0.3, 0.4) is 0 Å². The lowest BCUT2D eigenvalue weighted by molar-refractivity contribution is 0.525. The molecular formula is C16H18ClFN2. The Morgan fingerprint density at radius 2 is 1.85 bits per heavy atom. The van der Waals surface area contributed by atoms with Crippen molar-refractivity contribution in [3.05, 3.63) is 69.5 Å². The van der Waals surface area contributed by atoms with Gasteiger partial charge in [-0.15, -0.1) is 0 Å². The van der Waals surface area contributed by atoms with Crippen LogP contribution in [0.2, 0.25) is 5.02 Å². The summed E-state index contributed by atoms with van der Waals surface area (Å²) in [5, 5.41) is 0.527. The van der Waals surface area contributed by atoms with Crippen LogP contribution < -0.4 is 11.3 Å². The summed E-state index contributed by atoms with van der Waals surface area (Å²) in [6.07, 6.45) is 0.453. The van der Waals surface area contributed by atoms with E-state index < -0.39 is 0 Å². The summed E-state index contributed by atoms with van der Waals surface area (Å²) in [5.41, 5.74) is 6.72. The molecule has 106 valence electrons. The van der Waals surface area contributed by atoms with E-state index in [4.69, 9.17) is 17.4 Å². The lowest BCUT2D eigenvalue weighted by atomic mass is 9.92. The second kappa shape index (κ2) is 6.35. The van der Waals surface area contributed by atoms with Crippen molar-refractivity contribution in [1.29, 1.82) is 0 Å². The molecule has 2 aromatic carbocycles. The van der Waals surface area contributed by atoms with Gasteiger partial charge in [-0.1, -0.05) is 29.8 Å². The van der Waals surface area contributed by atoms with Gasteiger partial charge in [0.1, 0.15) is 5.82 Å². The highest BCUT2D eigenvalue weighted by Crippen LogP contribution is 2.26. The lowest BCUT2D eigenvalue weighted by Gasteiger charge is -2.21. The maximum Gasteiger partial charge on any atom is 0.126 e. The van der Waals surface area contributed by atoms with E-state index in [1.807, 2.05) is 32.0 Å². The summed E-state index contributed by atoms with van der Waals surface area (Å²) in [6.45, 7) is 4.06. The molecule has 0 saturated carbocycles. The van der Waals surface area contributed by atoms with Gasteiger partial charge in [0.05, 0.1) is 6.04 Å². The number of nitrogens with one attached hydrogen (secondary N) is 1. The summed E-state index contributed by atoms with van der Waals surface area (Å²) in [6, 6.07) is 10.5. The third-order valence-corrected chi connectivity index (χ3v) is 3.76. The molecule has 3 N–H and O–H groups in total. The molecule has 4 heteroatoms. The maximum absolute atomic E-state index is 13.9. The van der Waals surface area contributed by atoms with Gasteiger partial charge in [-0.2, -0.15) is 0 Å². The number of halogens is 2. The number of nitrogens with two attached hydrogens (primary N) is 1. The molecule has 20 heavy (non-hydrogen) atoms. The van der Waals surface area contributed by atoms with Gasteiger partial charge >= 0.3 is 0 Å². The fraction of sp³-hybridized carbons (Fsp3) is 0.250. The van der Waals surface area contributed by atoms with E-state index in [0.29, 0.717) is 17.0 Å². The van der Waals surface area contributed by atoms with Gasteiger partial charge in [0.25, 0.3) is 0 Å². The first-order chi connectivity index (χ1) is 9.52. The van der Waals surface area contributed by atoms with Crippen molar-refractivity contribution in [3.8, 4) is 0 Å². The first-order valence-corrected chi connectivity index (χ1v) is 6.87. The van der Waals surface area contributed by atoms with Crippen molar-refractivity contribution < 1.29 is 4.39 Å². The van der Waals surface area contributed by atoms with Gasteiger partial charge in [0.15, 0.2) is 0 Å². The van der Waals surface area contributed by atoms with Crippen LogP contribution in [0.25, 0.3) is 0 Å². The molecule has 0 aromatic heterocycles. The standard InChI is InChI=1S/C16H18ClFN2/c1-10-4-3-5-11(2)16(10)15(20-19)9-12-8-13(17)6-7-14(12)18/h3-8,15,20H,9,19H2,1-2H3. The highest BCUT2D eigenvalue weighted by Gasteiger charge is 2.17. The van der Waals surface area contributed by atoms with Crippen LogP contribution in [0.4, 0.5) is 4.39 Å². The van der Waals surface area contributed by atoms with Crippen molar-refractivity contribution >= 4 is 11.6 Å². The molecule has 0 amide bonds. The van der Waals surface area contributed by atoms with Crippen LogP contribution in [0.15, 0.2) is 36.4 Å². The van der Waals surface area contributed by atoms with Gasteiger partial charge in [0, 0.05) is 5.02 Å². The first-order valence-electron chi connectivity index (χ1n) is 6.49. The Bertz CT molecular complexity index is 593. The Labute approximate surface area is 123 Å². The SMILES string of the molecule is Cc1cccc(C)c1C(Cc1cc(Cl)ccc1F)NN. The van der Waals surface area contributed by atoms with Crippen LogP contribution in [-0.2, 0) is 6.42 Å². The Morgan fingerprint density at radius 3 is 2.45 bits per heavy atom. The summed E-state index contributed by atoms with van der Waals surface area (Å²) < 4.78 is 13.9. The summed E-state index contributed by atoms with van der Waals surface area (Å²) in [5.74, 6) is 5.41. The van der Waals surface area contributed by atoms with Crippen molar-refractivity contribution in [3.63, 3.8) is 0 Å². The lowest BCUT2D eigenvalue weighted by Crippen LogP contribution is -2.31. The average Bonchev–Trinajstić information content (AvgIpc) is 2.41. The van der Waals surface area contributed by atoms with E-state index in [1.165, 1.54) is 6.07 Å². The highest BCUT2D eigenvalue weighted by molar-refractivity contribution is 6.30. The van der Waals surface area contributed by atoms with Gasteiger partial charge in [-0.25, -0.2) is 4.39 Å². The third-order valence-electron chi connectivity index (χ3n) is 3.52. The molecule has 2 rings (SSSR count). The molecule has 1 unspecified atom stereocenters. The van der Waals surface area contributed by atoms with E-state index in [-0.39, 0.29) is 11.9 Å². The number of hydrogen-bond donors (Lipinski definition) is 2. The minimum Gasteiger partial charge on any atom is -0.271 e. The summed E-state index contributed by atoms with van der Waals surface area (Å²) in [4.78, 5) is 0. The number of hydrazine groups is 1. The van der Waals surface area contributed by atoms with Gasteiger partial charge in [-0.3, -0.25) is 11.3 Å². The van der Waals surface area contributed by atoms with Gasteiger partial charge in [-0.05, 0) is 60.7 Å². The van der Waals surface area contributed by atoms with Crippen LogP contribution in [0.1, 0.15) is 28.3 Å². The van der Waals surface area contributed by atoms with E-state index >= 15 is 0 Å². The third kappa shape index (κ3) is 3.18. The molecular weight excluding hydrogens is 275 g/mol. The normalized spacial score (nSPS) is 12.4. The second-order valence-corrected chi connectivity index (χ2v) is 5.40. The number of rotatable bonds is 4. The monoisotopic (exact) mass is 292 g/mol. The molecule has 0 radical (unpaired) electrons. The minimum absolute atomic E-state index is 0.149. The zero-order chi connectivity index (χ0) is 14.7. The number of benzene rings is 2. The molecule has 0 bridgehead atoms. The topological polar surface area (TPSA) is 38.0 Å². The minimum atomic E-state index is -0.263. The van der Waals surface area contributed by atoms with Crippen LogP contribution in [0, 0.1) is 19.7 Å². The molecule has 0 fully saturated rings. The Hall–Kier alpha value is -1.42. The smallest absolute Gasteiger partial charge is 0.126 e. The largest absolute Gasteiger partial charge is 0.271 e. The van der Waals surface area contributed by atoms with Crippen molar-refractivity contribution in [2.24, 2.45) is 5.84 Å². The molecule has 1 atom stereocenters. The quantitative estimate of drug-likeness (QED) is 0.664. The zero-order valence-electron chi connectivity index (χ0n) is 11.6. The van der Waals surface area contributed by atoms with E-state index in [1.54, 1.807) is 12.1 Å². The summed E-state index contributed by atoms with van der Waals surface area (Å²) >= 11 is 5.93. The first kappa shape index (κ1) is 15.0. The van der Waals surface area contributed by atoms with Crippen molar-refractivity contribution in [2.75, 3.05) is 0 Å². The zero-order valence-corrected chi connectivity index (χ0v) is 12.3. The predicted molar refractivity (Wildman–Crippen MR) is 81.1 cm³/mol. The fourth-order valence-corrected chi connectivity index (χ4v) is 2.74. The Morgan fingerprint density at radius 1 is 1.20 bits per heavy atom. The number of aryl methyl sites for hydroxylation is 2. The molecule has 2 nitrogen and oxygen atoms in total. The highest BCUT2D eigenvalue weighted by atomic mass is 35.5. The maximum atomic E-state index is 13.9. The van der Waals surface area contributed by atoms with Gasteiger partial charge in [0.2, 0.25) is 0 Å². The molecule has 0 saturated heterocycles. The van der Waals surface area contributed by atoms with E-state index in [0.717, 1.165) is 16.7 Å². The van der Waals surface area contributed by atoms with Gasteiger partial charge < -0.3 is 0 Å². The molecule has 0 aliphatic rings. The number of hydrogen-bond acceptors (Lipinski definition) is 2. The Kier molecular flexibility index (Phi) is 4.76. The fourth-order valence-electron chi connectivity index (χ4n) is 2.54. The Balaban J connectivity index is 2.36. The molecule has 2 aromatic rings. The van der Waals surface area contributed by atoms with Crippen LogP contribution in [0.5, 0.6) is 0 Å². The van der Waals surface area contributed by atoms with Crippen molar-refractivity contribution in [2.45, 2.75) is 26.3 Å². The second-order valence-electron chi connectivity index (χ2n) is 4.96. The molecule has 0 spiro atoms. The van der Waals surface area contributed by atoms with Crippen molar-refractivity contribution in [1.82, 2.24) is 5.43 Å². The predicted octanol–water partition coefficient (Wildman–Crippen LogP) is 3.84. The van der Waals surface area contributed by atoms with E-state index in [2.05, 4.69) is 5.43 Å². The van der Waals surface area contributed by atoms with Crippen LogP contribution >= 0.6 is 11.6 Å². The van der Waals surface area contributed by atoms with Crippen LogP contribution in [-0.4, -0.2) is 0 Å². The molecule has 0 aliphatic carbocycles. The average molecular weight is 293 g/mol.